The van der Waals surface area contributed by atoms with Crippen LogP contribution >= 0.6 is 0 Å². The summed E-state index contributed by atoms with van der Waals surface area (Å²) < 4.78 is 0. The predicted molar refractivity (Wildman–Crippen MR) is 53.4 cm³/mol. The maximum atomic E-state index is 11.7. The zero-order valence-corrected chi connectivity index (χ0v) is 8.31. The molecule has 0 atom stereocenters. The number of carbonyl (C=O) groups excluding carboxylic acids is 1. The first kappa shape index (κ1) is 10.1. The van der Waals surface area contributed by atoms with Gasteiger partial charge in [0.1, 0.15) is 0 Å². The molecule has 1 amide bonds. The zero-order chi connectivity index (χ0) is 9.68. The summed E-state index contributed by atoms with van der Waals surface area (Å²) in [4.78, 5) is 13.6. The first-order valence-electron chi connectivity index (χ1n) is 4.91. The monoisotopic (exact) mass is 179 g/mol. The Morgan fingerprint density at radius 3 is 2.23 bits per heavy atom. The largest absolute Gasteiger partial charge is 0.338 e. The average Bonchev–Trinajstić information content (AvgIpc) is 2.43. The van der Waals surface area contributed by atoms with E-state index in [-0.39, 0.29) is 5.91 Å². The van der Waals surface area contributed by atoms with E-state index in [0.29, 0.717) is 5.57 Å². The van der Waals surface area contributed by atoms with Crippen LogP contribution in [0.4, 0.5) is 0 Å². The molecule has 0 spiro atoms. The van der Waals surface area contributed by atoms with Crippen LogP contribution in [0.5, 0.6) is 0 Å². The molecule has 72 valence electrons. The van der Waals surface area contributed by atoms with Gasteiger partial charge in [-0.15, -0.1) is 5.73 Å². The van der Waals surface area contributed by atoms with Crippen molar-refractivity contribution < 1.29 is 4.79 Å². The van der Waals surface area contributed by atoms with Crippen molar-refractivity contribution in [2.24, 2.45) is 0 Å². The van der Waals surface area contributed by atoms with E-state index in [1.807, 2.05) is 4.90 Å². The van der Waals surface area contributed by atoms with Gasteiger partial charge in [0, 0.05) is 13.1 Å². The Balaban J connectivity index is 2.59. The summed E-state index contributed by atoms with van der Waals surface area (Å²) in [5, 5.41) is 0. The normalized spacial score (nSPS) is 17.5. The van der Waals surface area contributed by atoms with Crippen LogP contribution in [0, 0.1) is 0 Å². The summed E-state index contributed by atoms with van der Waals surface area (Å²) >= 11 is 0. The number of rotatable bonds is 1. The Morgan fingerprint density at radius 1 is 1.23 bits per heavy atom. The van der Waals surface area contributed by atoms with Gasteiger partial charge in [-0.25, -0.2) is 0 Å². The van der Waals surface area contributed by atoms with Crippen LogP contribution in [0.2, 0.25) is 0 Å². The van der Waals surface area contributed by atoms with E-state index in [1.54, 1.807) is 6.92 Å². The molecule has 1 aliphatic heterocycles. The van der Waals surface area contributed by atoms with Gasteiger partial charge < -0.3 is 4.90 Å². The lowest BCUT2D eigenvalue weighted by Crippen LogP contribution is -2.32. The van der Waals surface area contributed by atoms with E-state index in [0.717, 1.165) is 25.9 Å². The molecule has 0 radical (unpaired) electrons. The summed E-state index contributed by atoms with van der Waals surface area (Å²) in [5.41, 5.74) is 3.30. The fourth-order valence-electron chi connectivity index (χ4n) is 1.59. The van der Waals surface area contributed by atoms with Gasteiger partial charge in [-0.2, -0.15) is 0 Å². The second-order valence-corrected chi connectivity index (χ2v) is 3.51. The molecule has 0 aromatic rings. The zero-order valence-electron chi connectivity index (χ0n) is 8.31. The van der Waals surface area contributed by atoms with Crippen LogP contribution in [0.25, 0.3) is 0 Å². The van der Waals surface area contributed by atoms with Crippen molar-refractivity contribution in [3.63, 3.8) is 0 Å². The van der Waals surface area contributed by atoms with Crippen LogP contribution in [-0.2, 0) is 4.79 Å². The first-order valence-corrected chi connectivity index (χ1v) is 4.91. The van der Waals surface area contributed by atoms with E-state index in [2.05, 4.69) is 12.3 Å². The average molecular weight is 179 g/mol. The minimum Gasteiger partial charge on any atom is -0.338 e. The Morgan fingerprint density at radius 2 is 1.77 bits per heavy atom. The lowest BCUT2D eigenvalue weighted by molar-refractivity contribution is -0.127. The highest BCUT2D eigenvalue weighted by atomic mass is 16.2. The van der Waals surface area contributed by atoms with Gasteiger partial charge in [-0.3, -0.25) is 4.79 Å². The molecule has 13 heavy (non-hydrogen) atoms. The van der Waals surface area contributed by atoms with Gasteiger partial charge in [-0.05, 0) is 19.8 Å². The summed E-state index contributed by atoms with van der Waals surface area (Å²) in [6.07, 6.45) is 4.77. The van der Waals surface area contributed by atoms with Crippen molar-refractivity contribution in [1.82, 2.24) is 4.90 Å². The Hall–Kier alpha value is -1.01. The molecule has 2 nitrogen and oxygen atoms in total. The number of hydrogen-bond donors (Lipinski definition) is 0. The molecule has 1 fully saturated rings. The van der Waals surface area contributed by atoms with Crippen molar-refractivity contribution >= 4 is 5.91 Å². The van der Waals surface area contributed by atoms with E-state index < -0.39 is 0 Å². The topological polar surface area (TPSA) is 20.3 Å². The molecular weight excluding hydrogens is 162 g/mol. The van der Waals surface area contributed by atoms with Crippen LogP contribution in [0.1, 0.15) is 32.6 Å². The lowest BCUT2D eigenvalue weighted by atomic mass is 10.2. The molecule has 0 bridgehead atoms. The van der Waals surface area contributed by atoms with Crippen molar-refractivity contribution in [3.8, 4) is 0 Å². The second-order valence-electron chi connectivity index (χ2n) is 3.51. The maximum absolute atomic E-state index is 11.7. The summed E-state index contributed by atoms with van der Waals surface area (Å²) in [5.74, 6) is 0.108. The van der Waals surface area contributed by atoms with Crippen molar-refractivity contribution in [2.45, 2.75) is 32.6 Å². The second kappa shape index (κ2) is 4.88. The highest BCUT2D eigenvalue weighted by molar-refractivity contribution is 5.92. The minimum atomic E-state index is 0.108. The molecule has 0 aromatic carbocycles. The van der Waals surface area contributed by atoms with Gasteiger partial charge in [-0.1, -0.05) is 19.4 Å². The summed E-state index contributed by atoms with van der Waals surface area (Å²) in [6.45, 7) is 7.07. The third-order valence-corrected chi connectivity index (χ3v) is 2.48. The molecule has 1 aliphatic rings. The molecule has 0 N–H and O–H groups in total. The molecule has 0 aliphatic carbocycles. The maximum Gasteiger partial charge on any atom is 0.257 e. The third kappa shape index (κ3) is 2.74. The molecule has 1 saturated heterocycles. The standard InChI is InChI=1S/C11H17NO/c1-3-10(2)11(13)12-8-6-4-5-7-9-12/h1,4-9H2,2H3. The van der Waals surface area contributed by atoms with Crippen LogP contribution in [-0.4, -0.2) is 23.9 Å². The van der Waals surface area contributed by atoms with Gasteiger partial charge in [0.2, 0.25) is 0 Å². The predicted octanol–water partition coefficient (Wildman–Crippen LogP) is 2.12. The van der Waals surface area contributed by atoms with Gasteiger partial charge in [0.25, 0.3) is 5.91 Å². The third-order valence-electron chi connectivity index (χ3n) is 2.48. The molecular formula is C11H17NO. The molecule has 0 saturated carbocycles. The van der Waals surface area contributed by atoms with E-state index in [4.69, 9.17) is 0 Å². The number of likely N-dealkylation sites (tertiary alicyclic amines) is 1. The van der Waals surface area contributed by atoms with Crippen LogP contribution in [0.15, 0.2) is 17.9 Å². The van der Waals surface area contributed by atoms with Gasteiger partial charge >= 0.3 is 0 Å². The number of amides is 1. The van der Waals surface area contributed by atoms with Crippen LogP contribution in [0.3, 0.4) is 0 Å². The lowest BCUT2D eigenvalue weighted by Gasteiger charge is -2.19. The van der Waals surface area contributed by atoms with Gasteiger partial charge in [0.05, 0.1) is 5.57 Å². The van der Waals surface area contributed by atoms with Crippen molar-refractivity contribution in [2.75, 3.05) is 13.1 Å². The van der Waals surface area contributed by atoms with Crippen molar-refractivity contribution in [1.29, 1.82) is 0 Å². The minimum absolute atomic E-state index is 0.108. The van der Waals surface area contributed by atoms with Crippen LogP contribution < -0.4 is 0 Å². The molecule has 1 rings (SSSR count). The molecule has 0 unspecified atom stereocenters. The van der Waals surface area contributed by atoms with E-state index in [1.165, 1.54) is 12.8 Å². The fourth-order valence-corrected chi connectivity index (χ4v) is 1.59. The smallest absolute Gasteiger partial charge is 0.257 e. The molecule has 1 heterocycles. The van der Waals surface area contributed by atoms with Crippen molar-refractivity contribution in [3.05, 3.63) is 17.9 Å². The molecule has 0 aromatic heterocycles. The number of carbonyl (C=O) groups is 1. The highest BCUT2D eigenvalue weighted by Gasteiger charge is 2.15. The summed E-state index contributed by atoms with van der Waals surface area (Å²) in [7, 11) is 0. The highest BCUT2D eigenvalue weighted by Crippen LogP contribution is 2.11. The summed E-state index contributed by atoms with van der Waals surface area (Å²) in [6, 6.07) is 0. The van der Waals surface area contributed by atoms with E-state index in [9.17, 15) is 4.79 Å². The SMILES string of the molecule is C=C=C(C)C(=O)N1CCCCCC1. The van der Waals surface area contributed by atoms with E-state index >= 15 is 0 Å². The molecule has 2 heteroatoms. The Kier molecular flexibility index (Phi) is 3.78. The first-order chi connectivity index (χ1) is 6.25. The van der Waals surface area contributed by atoms with Gasteiger partial charge in [0.15, 0.2) is 0 Å². The quantitative estimate of drug-likeness (QED) is 0.446. The number of nitrogens with zero attached hydrogens (tertiary/aromatic N) is 1. The number of hydrogen-bond acceptors (Lipinski definition) is 1. The Labute approximate surface area is 79.9 Å². The Bertz CT molecular complexity index is 230. The fraction of sp³-hybridized carbons (Fsp3) is 0.636.